The number of carbonyl (C=O) groups is 1. The molecule has 0 fully saturated rings. The lowest BCUT2D eigenvalue weighted by Gasteiger charge is -2.11. The number of nitro benzene ring substituents is 1. The van der Waals surface area contributed by atoms with Crippen LogP contribution in [0.1, 0.15) is 16.2 Å². The molecule has 1 heterocycles. The van der Waals surface area contributed by atoms with Crippen molar-refractivity contribution in [3.63, 3.8) is 0 Å². The number of nitrogens with zero attached hydrogens (tertiary/aromatic N) is 5. The Bertz CT molecular complexity index is 1050. The third-order valence-electron chi connectivity index (χ3n) is 4.31. The van der Waals surface area contributed by atoms with E-state index in [1.807, 2.05) is 19.0 Å². The molecule has 0 aliphatic carbocycles. The van der Waals surface area contributed by atoms with Gasteiger partial charge in [0.1, 0.15) is 12.4 Å². The molecule has 3 aromatic rings. The van der Waals surface area contributed by atoms with Crippen LogP contribution in [0.25, 0.3) is 5.69 Å². The van der Waals surface area contributed by atoms with Gasteiger partial charge in [-0.15, -0.1) is 5.10 Å². The van der Waals surface area contributed by atoms with Crippen molar-refractivity contribution in [2.24, 2.45) is 0 Å². The number of hydrogen-bond acceptors (Lipinski definition) is 7. The molecule has 1 amide bonds. The summed E-state index contributed by atoms with van der Waals surface area (Å²) in [6.07, 6.45) is 0. The molecule has 0 unspecified atom stereocenters. The van der Waals surface area contributed by atoms with Crippen LogP contribution in [-0.2, 0) is 0 Å². The molecule has 2 aromatic carbocycles. The highest BCUT2D eigenvalue weighted by atomic mass is 16.6. The number of rotatable bonds is 8. The topological polar surface area (TPSA) is 115 Å². The van der Waals surface area contributed by atoms with Gasteiger partial charge >= 0.3 is 0 Å². The Morgan fingerprint density at radius 2 is 1.97 bits per heavy atom. The second-order valence-electron chi connectivity index (χ2n) is 6.84. The number of non-ortho nitro benzene ring substituents is 1. The predicted molar refractivity (Wildman–Crippen MR) is 111 cm³/mol. The summed E-state index contributed by atoms with van der Waals surface area (Å²) >= 11 is 0. The van der Waals surface area contributed by atoms with E-state index < -0.39 is 10.8 Å². The number of nitro groups is 1. The van der Waals surface area contributed by atoms with E-state index in [1.54, 1.807) is 43.3 Å². The van der Waals surface area contributed by atoms with Crippen molar-refractivity contribution >= 4 is 17.3 Å². The van der Waals surface area contributed by atoms with Gasteiger partial charge in [0.25, 0.3) is 11.6 Å². The average molecular weight is 410 g/mol. The Labute approximate surface area is 173 Å². The lowest BCUT2D eigenvalue weighted by Crippen LogP contribution is -2.19. The predicted octanol–water partition coefficient (Wildman–Crippen LogP) is 2.68. The molecule has 0 saturated carbocycles. The van der Waals surface area contributed by atoms with Gasteiger partial charge in [-0.25, -0.2) is 4.68 Å². The fourth-order valence-electron chi connectivity index (χ4n) is 2.69. The van der Waals surface area contributed by atoms with Gasteiger partial charge in [-0.2, -0.15) is 0 Å². The van der Waals surface area contributed by atoms with E-state index in [9.17, 15) is 14.9 Å². The monoisotopic (exact) mass is 410 g/mol. The van der Waals surface area contributed by atoms with E-state index in [0.29, 0.717) is 29.4 Å². The third kappa shape index (κ3) is 4.97. The van der Waals surface area contributed by atoms with Gasteiger partial charge in [-0.3, -0.25) is 14.9 Å². The minimum atomic E-state index is -0.489. The second kappa shape index (κ2) is 9.14. The number of nitrogens with one attached hydrogen (secondary N) is 1. The number of carbonyl (C=O) groups excluding carboxylic acids is 1. The van der Waals surface area contributed by atoms with Crippen LogP contribution >= 0.6 is 0 Å². The zero-order valence-corrected chi connectivity index (χ0v) is 16.9. The fourth-order valence-corrected chi connectivity index (χ4v) is 2.69. The summed E-state index contributed by atoms with van der Waals surface area (Å²) in [5.41, 5.74) is 1.57. The second-order valence-corrected chi connectivity index (χ2v) is 6.84. The molecule has 10 heteroatoms. The molecule has 0 aliphatic rings. The summed E-state index contributed by atoms with van der Waals surface area (Å²) < 4.78 is 7.02. The molecule has 0 aliphatic heterocycles. The van der Waals surface area contributed by atoms with Gasteiger partial charge in [0.2, 0.25) is 0 Å². The van der Waals surface area contributed by atoms with Crippen LogP contribution in [-0.4, -0.2) is 58.0 Å². The first kappa shape index (κ1) is 20.9. The highest BCUT2D eigenvalue weighted by molar-refractivity contribution is 6.03. The van der Waals surface area contributed by atoms with Crippen LogP contribution in [0.5, 0.6) is 5.75 Å². The van der Waals surface area contributed by atoms with Crippen LogP contribution in [0, 0.1) is 17.0 Å². The summed E-state index contributed by atoms with van der Waals surface area (Å²) in [7, 11) is 3.94. The largest absolute Gasteiger partial charge is 0.492 e. The molecule has 0 spiro atoms. The summed E-state index contributed by atoms with van der Waals surface area (Å²) in [5, 5.41) is 21.7. The van der Waals surface area contributed by atoms with Crippen molar-refractivity contribution < 1.29 is 14.5 Å². The number of benzene rings is 2. The molecule has 0 saturated heterocycles. The first-order valence-corrected chi connectivity index (χ1v) is 9.21. The molecular weight excluding hydrogens is 388 g/mol. The van der Waals surface area contributed by atoms with E-state index >= 15 is 0 Å². The molecule has 0 radical (unpaired) electrons. The highest BCUT2D eigenvalue weighted by Crippen LogP contribution is 2.20. The number of aromatic nitrogens is 3. The summed E-state index contributed by atoms with van der Waals surface area (Å²) in [5.74, 6) is 0.285. The van der Waals surface area contributed by atoms with Crippen LogP contribution in [0.4, 0.5) is 11.4 Å². The molecule has 0 bridgehead atoms. The van der Waals surface area contributed by atoms with Gasteiger partial charge in [-0.1, -0.05) is 11.3 Å². The minimum Gasteiger partial charge on any atom is -0.492 e. The normalized spacial score (nSPS) is 10.8. The van der Waals surface area contributed by atoms with E-state index in [-0.39, 0.29) is 11.4 Å². The molecular formula is C20H22N6O4. The van der Waals surface area contributed by atoms with Crippen molar-refractivity contribution in [1.82, 2.24) is 19.9 Å². The number of amides is 1. The molecule has 156 valence electrons. The Morgan fingerprint density at radius 3 is 2.63 bits per heavy atom. The maximum atomic E-state index is 12.6. The Balaban J connectivity index is 1.69. The molecule has 30 heavy (non-hydrogen) atoms. The summed E-state index contributed by atoms with van der Waals surface area (Å²) in [6.45, 7) is 3.05. The SMILES string of the molecule is Cc1c(C(=O)Nc2ccc(OCCN(C)C)cc2)nnn1-c1cccc([N+](=O)[O-])c1. The van der Waals surface area contributed by atoms with Crippen LogP contribution in [0.2, 0.25) is 0 Å². The quantitative estimate of drug-likeness (QED) is 0.448. The lowest BCUT2D eigenvalue weighted by atomic mass is 10.2. The van der Waals surface area contributed by atoms with Crippen LogP contribution < -0.4 is 10.1 Å². The molecule has 1 N–H and O–H groups in total. The van der Waals surface area contributed by atoms with Crippen molar-refractivity contribution in [1.29, 1.82) is 0 Å². The van der Waals surface area contributed by atoms with Crippen molar-refractivity contribution in [3.8, 4) is 11.4 Å². The van der Waals surface area contributed by atoms with Gasteiger partial charge < -0.3 is 15.0 Å². The number of hydrogen-bond donors (Lipinski definition) is 1. The van der Waals surface area contributed by atoms with Gasteiger partial charge in [-0.05, 0) is 51.4 Å². The fraction of sp³-hybridized carbons (Fsp3) is 0.250. The van der Waals surface area contributed by atoms with Gasteiger partial charge in [0, 0.05) is 24.4 Å². The number of likely N-dealkylation sites (N-methyl/N-ethyl adjacent to an activating group) is 1. The van der Waals surface area contributed by atoms with E-state index in [0.717, 1.165) is 6.54 Å². The van der Waals surface area contributed by atoms with E-state index in [2.05, 4.69) is 15.6 Å². The van der Waals surface area contributed by atoms with Crippen molar-refractivity contribution in [3.05, 3.63) is 70.0 Å². The zero-order chi connectivity index (χ0) is 21.7. The van der Waals surface area contributed by atoms with E-state index in [4.69, 9.17) is 4.74 Å². The molecule has 0 atom stereocenters. The molecule has 3 rings (SSSR count). The smallest absolute Gasteiger partial charge is 0.278 e. The first-order chi connectivity index (χ1) is 14.3. The Morgan fingerprint density at radius 1 is 1.23 bits per heavy atom. The van der Waals surface area contributed by atoms with Gasteiger partial charge in [0.15, 0.2) is 5.69 Å². The number of ether oxygens (including phenoxy) is 1. The maximum absolute atomic E-state index is 12.6. The zero-order valence-electron chi connectivity index (χ0n) is 16.9. The Kier molecular flexibility index (Phi) is 6.38. The number of anilines is 1. The maximum Gasteiger partial charge on any atom is 0.278 e. The van der Waals surface area contributed by atoms with Gasteiger partial charge in [0.05, 0.1) is 16.3 Å². The van der Waals surface area contributed by atoms with Crippen LogP contribution in [0.15, 0.2) is 48.5 Å². The van der Waals surface area contributed by atoms with Crippen molar-refractivity contribution in [2.75, 3.05) is 32.6 Å². The summed E-state index contributed by atoms with van der Waals surface area (Å²) in [6, 6.07) is 13.0. The van der Waals surface area contributed by atoms with Crippen LogP contribution in [0.3, 0.4) is 0 Å². The average Bonchev–Trinajstić information content (AvgIpc) is 3.10. The van der Waals surface area contributed by atoms with Crippen molar-refractivity contribution in [2.45, 2.75) is 6.92 Å². The molecule has 10 nitrogen and oxygen atoms in total. The molecule has 1 aromatic heterocycles. The summed E-state index contributed by atoms with van der Waals surface area (Å²) in [4.78, 5) is 25.1. The first-order valence-electron chi connectivity index (χ1n) is 9.21. The van der Waals surface area contributed by atoms with E-state index in [1.165, 1.54) is 16.8 Å². The third-order valence-corrected chi connectivity index (χ3v) is 4.31. The lowest BCUT2D eigenvalue weighted by molar-refractivity contribution is -0.384. The highest BCUT2D eigenvalue weighted by Gasteiger charge is 2.18. The standard InChI is InChI=1S/C20H22N6O4/c1-14-19(22-23-25(14)16-5-4-6-17(13-16)26(28)29)20(27)21-15-7-9-18(10-8-15)30-12-11-24(2)3/h4-10,13H,11-12H2,1-3H3,(H,21,27). The minimum absolute atomic E-state index is 0.0682. The Hall–Kier alpha value is -3.79.